The van der Waals surface area contributed by atoms with Gasteiger partial charge in [-0.15, -0.1) is 0 Å². The van der Waals surface area contributed by atoms with Crippen molar-refractivity contribution < 1.29 is 4.79 Å². The van der Waals surface area contributed by atoms with Crippen LogP contribution in [-0.4, -0.2) is 60.4 Å². The van der Waals surface area contributed by atoms with E-state index in [1.165, 1.54) is 10.8 Å². The number of rotatable bonds is 4. The van der Waals surface area contributed by atoms with Gasteiger partial charge in [0.25, 0.3) is 0 Å². The average molecular weight is 343 g/mol. The number of benzene rings is 2. The van der Waals surface area contributed by atoms with Crippen LogP contribution in [-0.2, 0) is 11.2 Å². The molecule has 0 radical (unpaired) electrons. The molecule has 1 aliphatic rings. The van der Waals surface area contributed by atoms with Crippen molar-refractivity contribution in [2.24, 2.45) is 0 Å². The first-order chi connectivity index (χ1) is 11.6. The first-order valence-corrected chi connectivity index (χ1v) is 9.79. The molecule has 1 heterocycles. The summed E-state index contributed by atoms with van der Waals surface area (Å²) in [6.45, 7) is 1.82. The van der Waals surface area contributed by atoms with Crippen LogP contribution in [0.2, 0.25) is 0 Å². The molecule has 3 nitrogen and oxygen atoms in total. The minimum atomic E-state index is 0.265. The number of hydrogen-bond donors (Lipinski definition) is 0. The normalized spacial score (nSPS) is 18.8. The molecule has 0 bridgehead atoms. The van der Waals surface area contributed by atoms with Gasteiger partial charge in [-0.25, -0.2) is 0 Å². The fourth-order valence-electron chi connectivity index (χ4n) is 3.44. The lowest BCUT2D eigenvalue weighted by Crippen LogP contribution is -2.47. The molecule has 2 aromatic rings. The SMILES string of the molecule is CN(C)CC1CSCCCN1C(=O)Cc1cccc2ccccc12. The second kappa shape index (κ2) is 8.04. The van der Waals surface area contributed by atoms with Gasteiger partial charge >= 0.3 is 0 Å². The molecular formula is C20H26N2OS. The van der Waals surface area contributed by atoms with Crippen molar-refractivity contribution in [3.05, 3.63) is 48.0 Å². The van der Waals surface area contributed by atoms with E-state index in [2.05, 4.69) is 54.2 Å². The van der Waals surface area contributed by atoms with Crippen molar-refractivity contribution in [1.29, 1.82) is 0 Å². The summed E-state index contributed by atoms with van der Waals surface area (Å²) < 4.78 is 0. The van der Waals surface area contributed by atoms with Gasteiger partial charge in [0.1, 0.15) is 0 Å². The van der Waals surface area contributed by atoms with Crippen LogP contribution in [0, 0.1) is 0 Å². The Balaban J connectivity index is 1.81. The first kappa shape index (κ1) is 17.3. The zero-order valence-electron chi connectivity index (χ0n) is 14.6. The van der Waals surface area contributed by atoms with E-state index in [4.69, 9.17) is 0 Å². The third-order valence-corrected chi connectivity index (χ3v) is 5.75. The van der Waals surface area contributed by atoms with Gasteiger partial charge in [-0.05, 0) is 42.6 Å². The van der Waals surface area contributed by atoms with Crippen LogP contribution in [0.1, 0.15) is 12.0 Å². The molecule has 1 aliphatic heterocycles. The van der Waals surface area contributed by atoms with Crippen LogP contribution in [0.3, 0.4) is 0 Å². The van der Waals surface area contributed by atoms with Crippen molar-refractivity contribution in [3.8, 4) is 0 Å². The van der Waals surface area contributed by atoms with Gasteiger partial charge in [0.2, 0.25) is 5.91 Å². The standard InChI is InChI=1S/C20H26N2OS/c1-21(2)14-18-15-24-12-6-11-22(18)20(23)13-17-9-5-8-16-7-3-4-10-19(16)17/h3-5,7-10,18H,6,11-15H2,1-2H3. The van der Waals surface area contributed by atoms with E-state index in [1.54, 1.807) is 0 Å². The number of nitrogens with zero attached hydrogens (tertiary/aromatic N) is 2. The highest BCUT2D eigenvalue weighted by molar-refractivity contribution is 7.99. The number of thioether (sulfide) groups is 1. The van der Waals surface area contributed by atoms with Crippen LogP contribution in [0.4, 0.5) is 0 Å². The van der Waals surface area contributed by atoms with Gasteiger partial charge in [-0.3, -0.25) is 4.79 Å². The maximum atomic E-state index is 13.1. The fraction of sp³-hybridized carbons (Fsp3) is 0.450. The van der Waals surface area contributed by atoms with Gasteiger partial charge in [0, 0.05) is 18.8 Å². The van der Waals surface area contributed by atoms with Crippen molar-refractivity contribution in [3.63, 3.8) is 0 Å². The van der Waals surface area contributed by atoms with Gasteiger partial charge < -0.3 is 9.80 Å². The molecule has 1 fully saturated rings. The number of fused-ring (bicyclic) bond motifs is 1. The Morgan fingerprint density at radius 1 is 1.21 bits per heavy atom. The minimum Gasteiger partial charge on any atom is -0.337 e. The molecule has 3 rings (SSSR count). The lowest BCUT2D eigenvalue weighted by Gasteiger charge is -2.32. The molecular weight excluding hydrogens is 316 g/mol. The maximum Gasteiger partial charge on any atom is 0.227 e. The second-order valence-electron chi connectivity index (χ2n) is 6.75. The highest BCUT2D eigenvalue weighted by atomic mass is 32.2. The third-order valence-electron chi connectivity index (χ3n) is 4.56. The summed E-state index contributed by atoms with van der Waals surface area (Å²) in [5, 5.41) is 2.40. The first-order valence-electron chi connectivity index (χ1n) is 8.64. The van der Waals surface area contributed by atoms with E-state index in [9.17, 15) is 4.79 Å². The highest BCUT2D eigenvalue weighted by Crippen LogP contribution is 2.22. The Bertz CT molecular complexity index is 696. The number of carbonyl (C=O) groups excluding carboxylic acids is 1. The summed E-state index contributed by atoms with van der Waals surface area (Å²) in [5.74, 6) is 2.46. The molecule has 0 aromatic heterocycles. The number of likely N-dealkylation sites (N-methyl/N-ethyl adjacent to an activating group) is 1. The summed E-state index contributed by atoms with van der Waals surface area (Å²) in [6.07, 6.45) is 1.59. The predicted octanol–water partition coefficient (Wildman–Crippen LogP) is 3.28. The topological polar surface area (TPSA) is 23.6 Å². The van der Waals surface area contributed by atoms with E-state index >= 15 is 0 Å². The van der Waals surface area contributed by atoms with E-state index in [0.29, 0.717) is 12.5 Å². The predicted molar refractivity (Wildman–Crippen MR) is 104 cm³/mol. The molecule has 0 saturated carbocycles. The molecule has 1 unspecified atom stereocenters. The second-order valence-corrected chi connectivity index (χ2v) is 7.90. The monoisotopic (exact) mass is 342 g/mol. The quantitative estimate of drug-likeness (QED) is 0.852. The van der Waals surface area contributed by atoms with Gasteiger partial charge in [-0.1, -0.05) is 42.5 Å². The molecule has 1 saturated heterocycles. The zero-order valence-corrected chi connectivity index (χ0v) is 15.4. The smallest absolute Gasteiger partial charge is 0.227 e. The summed E-state index contributed by atoms with van der Waals surface area (Å²) in [4.78, 5) is 17.4. The maximum absolute atomic E-state index is 13.1. The van der Waals surface area contributed by atoms with Gasteiger partial charge in [0.15, 0.2) is 0 Å². The molecule has 2 aromatic carbocycles. The average Bonchev–Trinajstić information content (AvgIpc) is 2.80. The van der Waals surface area contributed by atoms with Gasteiger partial charge in [-0.2, -0.15) is 11.8 Å². The molecule has 0 N–H and O–H groups in total. The van der Waals surface area contributed by atoms with Crippen molar-refractivity contribution >= 4 is 28.4 Å². The number of amides is 1. The van der Waals surface area contributed by atoms with Gasteiger partial charge in [0.05, 0.1) is 12.5 Å². The van der Waals surface area contributed by atoms with E-state index < -0.39 is 0 Å². The minimum absolute atomic E-state index is 0.265. The molecule has 1 atom stereocenters. The largest absolute Gasteiger partial charge is 0.337 e. The van der Waals surface area contributed by atoms with E-state index in [1.807, 2.05) is 23.9 Å². The number of carbonyl (C=O) groups is 1. The highest BCUT2D eigenvalue weighted by Gasteiger charge is 2.26. The Morgan fingerprint density at radius 3 is 2.83 bits per heavy atom. The van der Waals surface area contributed by atoms with Crippen LogP contribution < -0.4 is 0 Å². The molecule has 0 spiro atoms. The van der Waals surface area contributed by atoms with E-state index in [-0.39, 0.29) is 5.91 Å². The van der Waals surface area contributed by atoms with E-state index in [0.717, 1.165) is 36.6 Å². The van der Waals surface area contributed by atoms with Crippen LogP contribution >= 0.6 is 11.8 Å². The summed E-state index contributed by atoms with van der Waals surface area (Å²) in [5.41, 5.74) is 1.14. The van der Waals surface area contributed by atoms with Crippen LogP contribution in [0.5, 0.6) is 0 Å². The van der Waals surface area contributed by atoms with Crippen molar-refractivity contribution in [2.75, 3.05) is 38.7 Å². The van der Waals surface area contributed by atoms with Crippen molar-refractivity contribution in [1.82, 2.24) is 9.80 Å². The molecule has 128 valence electrons. The summed E-state index contributed by atoms with van der Waals surface area (Å²) in [6, 6.07) is 14.9. The molecule has 0 aliphatic carbocycles. The Labute approximate surface area is 149 Å². The lowest BCUT2D eigenvalue weighted by atomic mass is 10.0. The number of hydrogen-bond acceptors (Lipinski definition) is 3. The van der Waals surface area contributed by atoms with Crippen LogP contribution in [0.15, 0.2) is 42.5 Å². The molecule has 4 heteroatoms. The fourth-order valence-corrected chi connectivity index (χ4v) is 4.50. The third kappa shape index (κ3) is 4.11. The van der Waals surface area contributed by atoms with Crippen molar-refractivity contribution in [2.45, 2.75) is 18.9 Å². The Hall–Kier alpha value is -1.52. The zero-order chi connectivity index (χ0) is 16.9. The molecule has 24 heavy (non-hydrogen) atoms. The summed E-state index contributed by atoms with van der Waals surface area (Å²) in [7, 11) is 4.17. The Kier molecular flexibility index (Phi) is 5.80. The summed E-state index contributed by atoms with van der Waals surface area (Å²) >= 11 is 1.98. The van der Waals surface area contributed by atoms with Crippen LogP contribution in [0.25, 0.3) is 10.8 Å². The Morgan fingerprint density at radius 2 is 2.00 bits per heavy atom. The molecule has 1 amide bonds. The lowest BCUT2D eigenvalue weighted by molar-refractivity contribution is -0.132.